The summed E-state index contributed by atoms with van der Waals surface area (Å²) in [7, 11) is 0.211. The molecule has 39 heavy (non-hydrogen) atoms. The summed E-state index contributed by atoms with van der Waals surface area (Å²) in [6.07, 6.45) is 3.24. The lowest BCUT2D eigenvalue weighted by molar-refractivity contribution is 0.372. The summed E-state index contributed by atoms with van der Waals surface area (Å²) in [6.45, 7) is 1.71. The lowest BCUT2D eigenvalue weighted by Crippen LogP contribution is -2.16. The molecule has 1 atom stereocenters. The van der Waals surface area contributed by atoms with Gasteiger partial charge >= 0.3 is 0 Å². The first-order valence-corrected chi connectivity index (χ1v) is 14.2. The highest BCUT2D eigenvalue weighted by Crippen LogP contribution is 2.42. The van der Waals surface area contributed by atoms with Gasteiger partial charge in [-0.15, -0.1) is 0 Å². The molecule has 2 aromatic heterocycles. The number of H-pyrrole nitrogens is 1. The molecule has 1 aliphatic heterocycles. The molecule has 0 amide bonds. The zero-order chi connectivity index (χ0) is 27.1. The third-order valence-corrected chi connectivity index (χ3v) is 8.57. The van der Waals surface area contributed by atoms with Crippen molar-refractivity contribution < 1.29 is 27.2 Å². The number of aromatic amines is 1. The van der Waals surface area contributed by atoms with Crippen LogP contribution >= 0.6 is 0 Å². The molecule has 0 radical (unpaired) electrons. The minimum atomic E-state index is -4.19. The molecule has 12 nitrogen and oxygen atoms in total. The molecular formula is C26H30N6O6S. The number of ether oxygens (including phenoxy) is 3. The summed E-state index contributed by atoms with van der Waals surface area (Å²) in [6, 6.07) is 8.83. The Morgan fingerprint density at radius 3 is 2.33 bits per heavy atom. The van der Waals surface area contributed by atoms with Crippen LogP contribution in [0.15, 0.2) is 39.8 Å². The van der Waals surface area contributed by atoms with Crippen molar-refractivity contribution in [2.45, 2.75) is 36.0 Å². The SMILES string of the molecule is COc1cc2c(NS(=O)(=O)c3c(OC)cc(C4CCNC4)cc3OC)noc2cc1Nc1cc(C2CC2)n[nH]1. The van der Waals surface area contributed by atoms with E-state index in [1.54, 1.807) is 24.3 Å². The maximum absolute atomic E-state index is 13.6. The third-order valence-electron chi connectivity index (χ3n) is 7.17. The van der Waals surface area contributed by atoms with Crippen LogP contribution in [0.2, 0.25) is 0 Å². The highest BCUT2D eigenvalue weighted by atomic mass is 32.2. The Balaban J connectivity index is 1.32. The number of hydrogen-bond acceptors (Lipinski definition) is 10. The second kappa shape index (κ2) is 9.97. The number of hydrogen-bond donors (Lipinski definition) is 4. The van der Waals surface area contributed by atoms with E-state index in [0.717, 1.165) is 43.6 Å². The Kier molecular flexibility index (Phi) is 6.47. The molecule has 13 heteroatoms. The van der Waals surface area contributed by atoms with Gasteiger partial charge < -0.3 is 29.4 Å². The minimum absolute atomic E-state index is 0.0144. The lowest BCUT2D eigenvalue weighted by atomic mass is 9.98. The Morgan fingerprint density at radius 2 is 1.69 bits per heavy atom. The number of rotatable bonds is 10. The highest BCUT2D eigenvalue weighted by molar-refractivity contribution is 7.93. The average Bonchev–Trinajstić information content (AvgIpc) is 3.29. The minimum Gasteiger partial charge on any atom is -0.495 e. The first kappa shape index (κ1) is 25.3. The van der Waals surface area contributed by atoms with Crippen molar-refractivity contribution in [3.63, 3.8) is 0 Å². The molecular weight excluding hydrogens is 524 g/mol. The van der Waals surface area contributed by atoms with E-state index in [1.165, 1.54) is 21.3 Å². The zero-order valence-corrected chi connectivity index (χ0v) is 22.6. The summed E-state index contributed by atoms with van der Waals surface area (Å²) >= 11 is 0. The fourth-order valence-electron chi connectivity index (χ4n) is 4.96. The second-order valence-electron chi connectivity index (χ2n) is 9.74. The van der Waals surface area contributed by atoms with Crippen LogP contribution in [0.25, 0.3) is 11.0 Å². The standard InChI is InChI=1S/C26H30N6O6S/c1-35-21-10-17-20(11-19(21)28-24-12-18(29-30-24)14-4-5-14)38-31-26(17)32-39(33,34)25-22(36-2)8-16(9-23(25)37-3)15-6-7-27-13-15/h8-12,14-15,27H,4-7,13H2,1-3H3,(H,31,32)(H2,28,29,30). The molecule has 4 N–H and O–H groups in total. The molecule has 6 rings (SSSR count). The molecule has 2 aromatic carbocycles. The Hall–Kier alpha value is -3.97. The Labute approximate surface area is 225 Å². The molecule has 2 aliphatic rings. The summed E-state index contributed by atoms with van der Waals surface area (Å²) < 4.78 is 51.9. The van der Waals surface area contributed by atoms with Crippen LogP contribution < -0.4 is 29.6 Å². The van der Waals surface area contributed by atoms with E-state index in [4.69, 9.17) is 18.7 Å². The molecule has 1 aliphatic carbocycles. The van der Waals surface area contributed by atoms with Crippen LogP contribution in [0.1, 0.15) is 42.4 Å². The zero-order valence-electron chi connectivity index (χ0n) is 21.8. The number of nitrogens with zero attached hydrogens (tertiary/aromatic N) is 2. The van der Waals surface area contributed by atoms with Crippen molar-refractivity contribution in [1.82, 2.24) is 20.7 Å². The summed E-state index contributed by atoms with van der Waals surface area (Å²) in [5.41, 5.74) is 2.95. The van der Waals surface area contributed by atoms with Gasteiger partial charge in [-0.2, -0.15) is 5.10 Å². The first-order valence-electron chi connectivity index (χ1n) is 12.7. The van der Waals surface area contributed by atoms with E-state index < -0.39 is 10.0 Å². The van der Waals surface area contributed by atoms with Crippen LogP contribution in [-0.2, 0) is 10.0 Å². The fourth-order valence-corrected chi connectivity index (χ4v) is 6.28. The van der Waals surface area contributed by atoms with Crippen molar-refractivity contribution >= 4 is 38.3 Å². The molecule has 1 saturated carbocycles. The summed E-state index contributed by atoms with van der Waals surface area (Å²) in [5, 5.41) is 18.3. The molecule has 206 valence electrons. The molecule has 3 heterocycles. The number of benzene rings is 2. The van der Waals surface area contributed by atoms with E-state index in [-0.39, 0.29) is 28.1 Å². The van der Waals surface area contributed by atoms with Gasteiger partial charge in [0, 0.05) is 24.6 Å². The van der Waals surface area contributed by atoms with Crippen LogP contribution in [0.5, 0.6) is 17.2 Å². The number of methoxy groups -OCH3 is 3. The molecule has 0 bridgehead atoms. The monoisotopic (exact) mass is 554 g/mol. The topological polar surface area (TPSA) is 153 Å². The Morgan fingerprint density at radius 1 is 0.949 bits per heavy atom. The van der Waals surface area contributed by atoms with Crippen molar-refractivity contribution in [3.8, 4) is 17.2 Å². The maximum Gasteiger partial charge on any atom is 0.270 e. The predicted octanol–water partition coefficient (Wildman–Crippen LogP) is 4.08. The number of sulfonamides is 1. The molecule has 4 aromatic rings. The van der Waals surface area contributed by atoms with Gasteiger partial charge in [-0.25, -0.2) is 8.42 Å². The number of aromatic nitrogens is 3. The second-order valence-corrected chi connectivity index (χ2v) is 11.4. The van der Waals surface area contributed by atoms with Gasteiger partial charge in [0.15, 0.2) is 16.3 Å². The van der Waals surface area contributed by atoms with Crippen LogP contribution in [0.4, 0.5) is 17.3 Å². The van der Waals surface area contributed by atoms with E-state index in [1.807, 2.05) is 6.07 Å². The van der Waals surface area contributed by atoms with E-state index >= 15 is 0 Å². The van der Waals surface area contributed by atoms with Gasteiger partial charge in [-0.05, 0) is 55.5 Å². The van der Waals surface area contributed by atoms with Crippen LogP contribution in [0.3, 0.4) is 0 Å². The van der Waals surface area contributed by atoms with E-state index in [9.17, 15) is 8.42 Å². The summed E-state index contributed by atoms with van der Waals surface area (Å²) in [4.78, 5) is -0.116. The predicted molar refractivity (Wildman–Crippen MR) is 145 cm³/mol. The number of anilines is 3. The van der Waals surface area contributed by atoms with Gasteiger partial charge in [0.1, 0.15) is 23.1 Å². The normalized spacial score (nSPS) is 17.4. The van der Waals surface area contributed by atoms with Gasteiger partial charge in [0.25, 0.3) is 10.0 Å². The molecule has 0 spiro atoms. The lowest BCUT2D eigenvalue weighted by Gasteiger charge is -2.18. The molecule has 1 saturated heterocycles. The molecule has 1 unspecified atom stereocenters. The maximum atomic E-state index is 13.6. The Bertz CT molecular complexity index is 1600. The first-order chi connectivity index (χ1) is 18.9. The van der Waals surface area contributed by atoms with E-state index in [2.05, 4.69) is 30.7 Å². The average molecular weight is 555 g/mol. The molecule has 2 fully saturated rings. The van der Waals surface area contributed by atoms with Crippen molar-refractivity contribution in [1.29, 1.82) is 0 Å². The third kappa shape index (κ3) is 4.83. The fraction of sp³-hybridized carbons (Fsp3) is 0.385. The van der Waals surface area contributed by atoms with Crippen LogP contribution in [-0.4, -0.2) is 58.2 Å². The number of fused-ring (bicyclic) bond motifs is 1. The van der Waals surface area contributed by atoms with Gasteiger partial charge in [0.05, 0.1) is 38.1 Å². The van der Waals surface area contributed by atoms with Crippen LogP contribution in [0, 0.1) is 0 Å². The van der Waals surface area contributed by atoms with Gasteiger partial charge in [0.2, 0.25) is 0 Å². The van der Waals surface area contributed by atoms with Gasteiger partial charge in [-0.3, -0.25) is 9.82 Å². The summed E-state index contributed by atoms with van der Waals surface area (Å²) in [5.74, 6) is 2.33. The smallest absolute Gasteiger partial charge is 0.270 e. The van der Waals surface area contributed by atoms with Gasteiger partial charge in [-0.1, -0.05) is 5.16 Å². The largest absolute Gasteiger partial charge is 0.495 e. The van der Waals surface area contributed by atoms with E-state index in [0.29, 0.717) is 34.1 Å². The van der Waals surface area contributed by atoms with Crippen molar-refractivity contribution in [2.24, 2.45) is 0 Å². The van der Waals surface area contributed by atoms with Crippen molar-refractivity contribution in [2.75, 3.05) is 44.5 Å². The highest BCUT2D eigenvalue weighted by Gasteiger charge is 2.30. The van der Waals surface area contributed by atoms with Crippen molar-refractivity contribution in [3.05, 3.63) is 41.6 Å². The quantitative estimate of drug-likeness (QED) is 0.226. The number of nitrogens with one attached hydrogen (secondary N) is 4.